The number of Topliss-reactive ketones (excluding diaryl/α,β-unsaturated/α-hetero) is 1. The van der Waals surface area contributed by atoms with Gasteiger partial charge in [-0.05, 0) is 42.5 Å². The van der Waals surface area contributed by atoms with E-state index in [0.717, 1.165) is 30.2 Å². The average Bonchev–Trinajstić information content (AvgIpc) is 2.94. The van der Waals surface area contributed by atoms with Crippen molar-refractivity contribution in [2.24, 2.45) is 0 Å². The van der Waals surface area contributed by atoms with Crippen LogP contribution in [0.25, 0.3) is 0 Å². The van der Waals surface area contributed by atoms with E-state index in [0.29, 0.717) is 5.78 Å². The normalized spacial score (nSPS) is 22.2. The maximum Gasteiger partial charge on any atom is 0.143 e. The van der Waals surface area contributed by atoms with Crippen LogP contribution in [0.3, 0.4) is 0 Å². The zero-order chi connectivity index (χ0) is 9.76. The first-order valence-corrected chi connectivity index (χ1v) is 5.84. The molecular weight excluding hydrogens is 240 g/mol. The molecular formula is C12H11BrO. The Labute approximate surface area is 91.6 Å². The van der Waals surface area contributed by atoms with Gasteiger partial charge < -0.3 is 0 Å². The molecule has 0 aliphatic heterocycles. The van der Waals surface area contributed by atoms with Crippen LogP contribution in [-0.4, -0.2) is 5.78 Å². The van der Waals surface area contributed by atoms with Crippen LogP contribution in [0.15, 0.2) is 22.7 Å². The molecule has 14 heavy (non-hydrogen) atoms. The summed E-state index contributed by atoms with van der Waals surface area (Å²) in [6, 6.07) is 6.37. The number of benzene rings is 1. The molecule has 1 saturated carbocycles. The zero-order valence-corrected chi connectivity index (χ0v) is 9.43. The van der Waals surface area contributed by atoms with Gasteiger partial charge in [0.25, 0.3) is 0 Å². The Kier molecular flexibility index (Phi) is 1.67. The smallest absolute Gasteiger partial charge is 0.143 e. The lowest BCUT2D eigenvalue weighted by Crippen LogP contribution is -2.27. The summed E-state index contributed by atoms with van der Waals surface area (Å²) in [6.07, 6.45) is 3.81. The van der Waals surface area contributed by atoms with Gasteiger partial charge >= 0.3 is 0 Å². The molecule has 1 aromatic rings. The largest absolute Gasteiger partial charge is 0.299 e. The molecule has 72 valence electrons. The monoisotopic (exact) mass is 250 g/mol. The van der Waals surface area contributed by atoms with Crippen molar-refractivity contribution < 1.29 is 4.79 Å². The van der Waals surface area contributed by atoms with Crippen LogP contribution < -0.4 is 0 Å². The highest BCUT2D eigenvalue weighted by Crippen LogP contribution is 2.53. The highest BCUT2D eigenvalue weighted by atomic mass is 79.9. The first-order chi connectivity index (χ1) is 6.72. The van der Waals surface area contributed by atoms with Crippen LogP contribution in [0.2, 0.25) is 0 Å². The van der Waals surface area contributed by atoms with Crippen molar-refractivity contribution >= 4 is 21.7 Å². The van der Waals surface area contributed by atoms with Gasteiger partial charge in [-0.2, -0.15) is 0 Å². The van der Waals surface area contributed by atoms with E-state index in [1.165, 1.54) is 11.1 Å². The molecule has 0 atom stereocenters. The summed E-state index contributed by atoms with van der Waals surface area (Å²) >= 11 is 3.48. The Balaban J connectivity index is 2.20. The van der Waals surface area contributed by atoms with Crippen molar-refractivity contribution in [1.82, 2.24) is 0 Å². The molecule has 2 aliphatic rings. The van der Waals surface area contributed by atoms with Gasteiger partial charge in [0.05, 0.1) is 5.41 Å². The molecule has 1 aromatic carbocycles. The van der Waals surface area contributed by atoms with E-state index >= 15 is 0 Å². The van der Waals surface area contributed by atoms with E-state index < -0.39 is 0 Å². The molecule has 1 fully saturated rings. The van der Waals surface area contributed by atoms with Crippen molar-refractivity contribution in [3.05, 3.63) is 33.8 Å². The molecule has 0 radical (unpaired) electrons. The van der Waals surface area contributed by atoms with Gasteiger partial charge in [0, 0.05) is 10.9 Å². The highest BCUT2D eigenvalue weighted by molar-refractivity contribution is 9.10. The maximum absolute atomic E-state index is 11.8. The van der Waals surface area contributed by atoms with E-state index in [2.05, 4.69) is 34.1 Å². The number of fused-ring (bicyclic) bond motifs is 2. The Bertz CT molecular complexity index is 418. The third-order valence-corrected chi connectivity index (χ3v) is 3.99. The number of carbonyl (C=O) groups excluding carboxylic acids is 1. The van der Waals surface area contributed by atoms with Crippen molar-refractivity contribution in [2.75, 3.05) is 0 Å². The predicted molar refractivity (Wildman–Crippen MR) is 58.4 cm³/mol. The lowest BCUT2D eigenvalue weighted by atomic mass is 9.79. The molecule has 2 aliphatic carbocycles. The summed E-state index contributed by atoms with van der Waals surface area (Å²) < 4.78 is 1.09. The molecule has 0 unspecified atom stereocenters. The Hall–Kier alpha value is -0.630. The average molecular weight is 251 g/mol. The molecule has 1 nitrogen and oxygen atoms in total. The molecule has 1 spiro atoms. The third kappa shape index (κ3) is 1.04. The third-order valence-electron chi connectivity index (χ3n) is 3.49. The van der Waals surface area contributed by atoms with Crippen LogP contribution in [0.5, 0.6) is 0 Å². The second kappa shape index (κ2) is 2.69. The van der Waals surface area contributed by atoms with Gasteiger partial charge in [-0.15, -0.1) is 0 Å². The quantitative estimate of drug-likeness (QED) is 0.692. The summed E-state index contributed by atoms with van der Waals surface area (Å²) in [4.78, 5) is 11.8. The minimum atomic E-state index is -0.0582. The summed E-state index contributed by atoms with van der Waals surface area (Å²) in [5.74, 6) is 0.461. The number of rotatable bonds is 0. The lowest BCUT2D eigenvalue weighted by Gasteiger charge is -2.24. The van der Waals surface area contributed by atoms with E-state index in [-0.39, 0.29) is 5.41 Å². The molecule has 0 heterocycles. The molecule has 0 amide bonds. The number of hydrogen-bond donors (Lipinski definition) is 0. The predicted octanol–water partition coefficient (Wildman–Crippen LogP) is 3.00. The summed E-state index contributed by atoms with van der Waals surface area (Å²) in [6.45, 7) is 0. The topological polar surface area (TPSA) is 17.1 Å². The summed E-state index contributed by atoms with van der Waals surface area (Å²) in [5.41, 5.74) is 2.62. The molecule has 0 aromatic heterocycles. The Morgan fingerprint density at radius 1 is 1.21 bits per heavy atom. The van der Waals surface area contributed by atoms with Crippen LogP contribution in [0, 0.1) is 0 Å². The van der Waals surface area contributed by atoms with Crippen LogP contribution >= 0.6 is 15.9 Å². The van der Waals surface area contributed by atoms with E-state index in [4.69, 9.17) is 0 Å². The van der Waals surface area contributed by atoms with Gasteiger partial charge in [-0.1, -0.05) is 22.0 Å². The van der Waals surface area contributed by atoms with Crippen LogP contribution in [0.4, 0.5) is 0 Å². The van der Waals surface area contributed by atoms with Gasteiger partial charge in [0.2, 0.25) is 0 Å². The minimum Gasteiger partial charge on any atom is -0.299 e. The van der Waals surface area contributed by atoms with E-state index in [9.17, 15) is 4.79 Å². The fraction of sp³-hybridized carbons (Fsp3) is 0.417. The maximum atomic E-state index is 11.8. The number of ketones is 1. The fourth-order valence-corrected chi connectivity index (χ4v) is 2.88. The number of halogens is 1. The summed E-state index contributed by atoms with van der Waals surface area (Å²) in [7, 11) is 0. The van der Waals surface area contributed by atoms with Crippen molar-refractivity contribution in [1.29, 1.82) is 0 Å². The second-order valence-corrected chi connectivity index (χ2v) is 5.22. The Morgan fingerprint density at radius 3 is 2.71 bits per heavy atom. The van der Waals surface area contributed by atoms with E-state index in [1.807, 2.05) is 0 Å². The minimum absolute atomic E-state index is 0.0582. The molecule has 0 saturated heterocycles. The van der Waals surface area contributed by atoms with Crippen molar-refractivity contribution in [3.8, 4) is 0 Å². The van der Waals surface area contributed by atoms with Gasteiger partial charge in [-0.3, -0.25) is 4.79 Å². The fourth-order valence-electron chi connectivity index (χ4n) is 2.52. The highest BCUT2D eigenvalue weighted by Gasteiger charge is 2.53. The first kappa shape index (κ1) is 8.66. The molecule has 3 rings (SSSR count). The van der Waals surface area contributed by atoms with E-state index in [1.54, 1.807) is 0 Å². The molecule has 0 bridgehead atoms. The van der Waals surface area contributed by atoms with Crippen LogP contribution in [0.1, 0.15) is 30.4 Å². The number of hydrogen-bond acceptors (Lipinski definition) is 1. The summed E-state index contributed by atoms with van der Waals surface area (Å²) in [5, 5.41) is 0. The number of carbonyl (C=O) groups is 1. The molecule has 0 N–H and O–H groups in total. The van der Waals surface area contributed by atoms with Crippen LogP contribution in [-0.2, 0) is 16.6 Å². The van der Waals surface area contributed by atoms with Gasteiger partial charge in [-0.25, -0.2) is 0 Å². The number of aryl methyl sites for hydroxylation is 1. The second-order valence-electron chi connectivity index (χ2n) is 4.31. The lowest BCUT2D eigenvalue weighted by molar-refractivity contribution is -0.121. The van der Waals surface area contributed by atoms with Gasteiger partial charge in [0.1, 0.15) is 5.78 Å². The van der Waals surface area contributed by atoms with Crippen molar-refractivity contribution in [2.45, 2.75) is 31.1 Å². The van der Waals surface area contributed by atoms with Crippen molar-refractivity contribution in [3.63, 3.8) is 0 Å². The SMILES string of the molecule is O=C1CCc2ccc(Br)cc2C12CC2. The first-order valence-electron chi connectivity index (χ1n) is 5.05. The van der Waals surface area contributed by atoms with Gasteiger partial charge in [0.15, 0.2) is 0 Å². The standard InChI is InChI=1S/C12H11BrO/c13-9-3-1-8-2-4-11(14)12(5-6-12)10(8)7-9/h1,3,7H,2,4-6H2. The molecule has 2 heteroatoms. The zero-order valence-electron chi connectivity index (χ0n) is 7.85. The Morgan fingerprint density at radius 2 is 2.00 bits per heavy atom.